The lowest BCUT2D eigenvalue weighted by Gasteiger charge is -2.08. The number of nitrogens with two attached hydrogens (primary N) is 1. The number of amides is 1. The first-order valence-corrected chi connectivity index (χ1v) is 5.57. The first kappa shape index (κ1) is 12.2. The van der Waals surface area contributed by atoms with Crippen molar-refractivity contribution in [3.05, 3.63) is 47.3 Å². The Labute approximate surface area is 105 Å². The summed E-state index contributed by atoms with van der Waals surface area (Å²) < 4.78 is 7.27. The van der Waals surface area contributed by atoms with Gasteiger partial charge in [0.05, 0.1) is 12.4 Å². The molecule has 0 saturated carbocycles. The number of hydrogen-bond donors (Lipinski definition) is 1. The summed E-state index contributed by atoms with van der Waals surface area (Å²) in [7, 11) is 1.83. The maximum atomic E-state index is 11.0. The molecule has 0 radical (unpaired) electrons. The highest BCUT2D eigenvalue weighted by molar-refractivity contribution is 5.93. The van der Waals surface area contributed by atoms with Gasteiger partial charge in [-0.15, -0.1) is 0 Å². The van der Waals surface area contributed by atoms with Gasteiger partial charge in [0.15, 0.2) is 5.75 Å². The molecule has 2 aromatic rings. The zero-order valence-electron chi connectivity index (χ0n) is 10.4. The van der Waals surface area contributed by atoms with Crippen LogP contribution in [0.2, 0.25) is 0 Å². The molecule has 1 aromatic heterocycles. The lowest BCUT2D eigenvalue weighted by molar-refractivity contribution is 0.1000. The standard InChI is InChI=1S/C13H15N3O2/c1-9-5-10(13(14)17)3-4-11(9)8-18-12-6-15-16(2)7-12/h3-7H,8H2,1-2H3,(H2,14,17). The van der Waals surface area contributed by atoms with Crippen LogP contribution < -0.4 is 10.5 Å². The van der Waals surface area contributed by atoms with Crippen LogP contribution in [-0.4, -0.2) is 15.7 Å². The summed E-state index contributed by atoms with van der Waals surface area (Å²) >= 11 is 0. The molecule has 1 aromatic carbocycles. The first-order valence-electron chi connectivity index (χ1n) is 5.57. The van der Waals surface area contributed by atoms with Crippen LogP contribution in [0.4, 0.5) is 0 Å². The zero-order chi connectivity index (χ0) is 13.1. The van der Waals surface area contributed by atoms with E-state index in [0.29, 0.717) is 12.2 Å². The first-order chi connectivity index (χ1) is 8.56. The molecule has 5 nitrogen and oxygen atoms in total. The number of nitrogens with zero attached hydrogens (tertiary/aromatic N) is 2. The molecule has 0 atom stereocenters. The minimum Gasteiger partial charge on any atom is -0.486 e. The molecule has 0 fully saturated rings. The smallest absolute Gasteiger partial charge is 0.248 e. The zero-order valence-corrected chi connectivity index (χ0v) is 10.4. The van der Waals surface area contributed by atoms with Crippen molar-refractivity contribution in [3.63, 3.8) is 0 Å². The highest BCUT2D eigenvalue weighted by atomic mass is 16.5. The van der Waals surface area contributed by atoms with Crippen molar-refractivity contribution in [3.8, 4) is 5.75 Å². The van der Waals surface area contributed by atoms with Crippen molar-refractivity contribution in [1.82, 2.24) is 9.78 Å². The number of benzene rings is 1. The van der Waals surface area contributed by atoms with Gasteiger partial charge in [0.25, 0.3) is 0 Å². The molecule has 0 aliphatic carbocycles. The van der Waals surface area contributed by atoms with Gasteiger partial charge < -0.3 is 10.5 Å². The molecule has 0 unspecified atom stereocenters. The van der Waals surface area contributed by atoms with E-state index < -0.39 is 5.91 Å². The summed E-state index contributed by atoms with van der Waals surface area (Å²) in [5, 5.41) is 4.02. The van der Waals surface area contributed by atoms with Crippen LogP contribution >= 0.6 is 0 Å². The number of hydrogen-bond acceptors (Lipinski definition) is 3. The molecule has 2 rings (SSSR count). The predicted molar refractivity (Wildman–Crippen MR) is 67.2 cm³/mol. The van der Waals surface area contributed by atoms with E-state index in [1.807, 2.05) is 20.0 Å². The van der Waals surface area contributed by atoms with Gasteiger partial charge >= 0.3 is 0 Å². The summed E-state index contributed by atoms with van der Waals surface area (Å²) in [5.41, 5.74) is 7.73. The Morgan fingerprint density at radius 2 is 2.28 bits per heavy atom. The van der Waals surface area contributed by atoms with E-state index in [1.54, 1.807) is 29.2 Å². The molecule has 1 amide bonds. The minimum absolute atomic E-state index is 0.419. The van der Waals surface area contributed by atoms with Crippen LogP contribution in [0.1, 0.15) is 21.5 Å². The number of aryl methyl sites for hydroxylation is 2. The van der Waals surface area contributed by atoms with Gasteiger partial charge in [0, 0.05) is 12.6 Å². The molecule has 94 valence electrons. The highest BCUT2D eigenvalue weighted by Crippen LogP contribution is 2.15. The van der Waals surface area contributed by atoms with Crippen LogP contribution in [0.5, 0.6) is 5.75 Å². The average molecular weight is 245 g/mol. The second-order valence-corrected chi connectivity index (χ2v) is 4.14. The average Bonchev–Trinajstić information content (AvgIpc) is 2.73. The Morgan fingerprint density at radius 1 is 1.50 bits per heavy atom. The van der Waals surface area contributed by atoms with Crippen molar-refractivity contribution in [2.45, 2.75) is 13.5 Å². The Hall–Kier alpha value is -2.30. The SMILES string of the molecule is Cc1cc(C(N)=O)ccc1COc1cnn(C)c1. The monoisotopic (exact) mass is 245 g/mol. The quantitative estimate of drug-likeness (QED) is 0.885. The summed E-state index contributed by atoms with van der Waals surface area (Å²) in [5.74, 6) is 0.300. The summed E-state index contributed by atoms with van der Waals surface area (Å²) in [6.45, 7) is 2.37. The fourth-order valence-electron chi connectivity index (χ4n) is 1.65. The van der Waals surface area contributed by atoms with E-state index in [0.717, 1.165) is 16.9 Å². The molecule has 0 saturated heterocycles. The number of ether oxygens (including phenoxy) is 1. The van der Waals surface area contributed by atoms with Gasteiger partial charge in [-0.2, -0.15) is 5.10 Å². The second kappa shape index (κ2) is 4.91. The fraction of sp³-hybridized carbons (Fsp3) is 0.231. The Bertz CT molecular complexity index is 575. The van der Waals surface area contributed by atoms with Crippen molar-refractivity contribution < 1.29 is 9.53 Å². The molecule has 18 heavy (non-hydrogen) atoms. The lowest BCUT2D eigenvalue weighted by Crippen LogP contribution is -2.11. The normalized spacial score (nSPS) is 10.3. The maximum absolute atomic E-state index is 11.0. The molecule has 0 aliphatic rings. The van der Waals surface area contributed by atoms with Crippen LogP contribution in [-0.2, 0) is 13.7 Å². The number of aromatic nitrogens is 2. The molecule has 5 heteroatoms. The lowest BCUT2D eigenvalue weighted by atomic mass is 10.1. The fourth-order valence-corrected chi connectivity index (χ4v) is 1.65. The Morgan fingerprint density at radius 3 is 2.83 bits per heavy atom. The van der Waals surface area contributed by atoms with Crippen molar-refractivity contribution in [2.75, 3.05) is 0 Å². The second-order valence-electron chi connectivity index (χ2n) is 4.14. The Balaban J connectivity index is 2.08. The van der Waals surface area contributed by atoms with E-state index in [4.69, 9.17) is 10.5 Å². The van der Waals surface area contributed by atoms with E-state index in [2.05, 4.69) is 5.10 Å². The number of carbonyl (C=O) groups excluding carboxylic acids is 1. The highest BCUT2D eigenvalue weighted by Gasteiger charge is 2.05. The van der Waals surface area contributed by atoms with Gasteiger partial charge in [-0.05, 0) is 30.2 Å². The third kappa shape index (κ3) is 2.68. The van der Waals surface area contributed by atoms with E-state index in [9.17, 15) is 4.79 Å². The van der Waals surface area contributed by atoms with Crippen LogP contribution in [0, 0.1) is 6.92 Å². The predicted octanol–water partition coefficient (Wildman–Crippen LogP) is 1.41. The summed E-state index contributed by atoms with van der Waals surface area (Å²) in [6, 6.07) is 5.33. The molecule has 1 heterocycles. The maximum Gasteiger partial charge on any atom is 0.248 e. The molecule has 0 bridgehead atoms. The van der Waals surface area contributed by atoms with Gasteiger partial charge in [0.2, 0.25) is 5.91 Å². The Kier molecular flexibility index (Phi) is 3.32. The van der Waals surface area contributed by atoms with E-state index in [-0.39, 0.29) is 0 Å². The number of rotatable bonds is 4. The molecular formula is C13H15N3O2. The molecule has 2 N–H and O–H groups in total. The minimum atomic E-state index is -0.419. The largest absolute Gasteiger partial charge is 0.486 e. The van der Waals surface area contributed by atoms with Gasteiger partial charge in [0.1, 0.15) is 6.61 Å². The molecular weight excluding hydrogens is 230 g/mol. The van der Waals surface area contributed by atoms with Crippen molar-refractivity contribution in [1.29, 1.82) is 0 Å². The van der Waals surface area contributed by atoms with Crippen LogP contribution in [0.15, 0.2) is 30.6 Å². The topological polar surface area (TPSA) is 70.1 Å². The van der Waals surface area contributed by atoms with Crippen molar-refractivity contribution >= 4 is 5.91 Å². The van der Waals surface area contributed by atoms with Gasteiger partial charge in [-0.1, -0.05) is 6.07 Å². The summed E-state index contributed by atoms with van der Waals surface area (Å²) in [4.78, 5) is 11.0. The van der Waals surface area contributed by atoms with Gasteiger partial charge in [-0.25, -0.2) is 0 Å². The number of carbonyl (C=O) groups is 1. The van der Waals surface area contributed by atoms with Gasteiger partial charge in [-0.3, -0.25) is 9.48 Å². The van der Waals surface area contributed by atoms with E-state index >= 15 is 0 Å². The van der Waals surface area contributed by atoms with Crippen LogP contribution in [0.25, 0.3) is 0 Å². The van der Waals surface area contributed by atoms with Crippen molar-refractivity contribution in [2.24, 2.45) is 12.8 Å². The van der Waals surface area contributed by atoms with Crippen LogP contribution in [0.3, 0.4) is 0 Å². The molecule has 0 aliphatic heterocycles. The third-order valence-electron chi connectivity index (χ3n) is 2.70. The summed E-state index contributed by atoms with van der Waals surface area (Å²) in [6.07, 6.45) is 3.46. The third-order valence-corrected chi connectivity index (χ3v) is 2.70. The van der Waals surface area contributed by atoms with E-state index in [1.165, 1.54) is 0 Å². The molecule has 0 spiro atoms. The number of primary amides is 1.